The molecule has 0 aliphatic rings. The van der Waals surface area contributed by atoms with Crippen molar-refractivity contribution >= 4 is 23.5 Å². The molecule has 5 heteroatoms. The lowest BCUT2D eigenvalue weighted by molar-refractivity contribution is -0.142. The zero-order chi connectivity index (χ0) is 14.6. The number of carbonyl (C=O) groups excluding carboxylic acids is 1. The van der Waals surface area contributed by atoms with Crippen molar-refractivity contribution in [2.45, 2.75) is 38.6 Å². The summed E-state index contributed by atoms with van der Waals surface area (Å²) in [4.78, 5) is 23.2. The fourth-order valence-corrected chi connectivity index (χ4v) is 2.14. The van der Waals surface area contributed by atoms with Crippen molar-refractivity contribution < 1.29 is 14.7 Å². The van der Waals surface area contributed by atoms with E-state index in [2.05, 4.69) is 5.32 Å². The number of nitrogens with one attached hydrogen (secondary N) is 1. The highest BCUT2D eigenvalue weighted by atomic mass is 35.5. The molecule has 0 aliphatic heterocycles. The number of amides is 1. The van der Waals surface area contributed by atoms with Crippen LogP contribution in [-0.4, -0.2) is 23.0 Å². The summed E-state index contributed by atoms with van der Waals surface area (Å²) in [6.45, 7) is 5.15. The van der Waals surface area contributed by atoms with E-state index in [9.17, 15) is 9.59 Å². The van der Waals surface area contributed by atoms with E-state index in [-0.39, 0.29) is 5.91 Å². The molecule has 0 saturated heterocycles. The first-order chi connectivity index (χ1) is 8.80. The Morgan fingerprint density at radius 2 is 1.95 bits per heavy atom. The number of hydrogen-bond acceptors (Lipinski definition) is 2. The van der Waals surface area contributed by atoms with Crippen LogP contribution in [0.1, 0.15) is 32.8 Å². The Morgan fingerprint density at radius 3 is 2.42 bits per heavy atom. The lowest BCUT2D eigenvalue weighted by Crippen LogP contribution is -2.48. The summed E-state index contributed by atoms with van der Waals surface area (Å²) in [6, 6.07) is 6.18. The fraction of sp³-hybridized carbons (Fsp3) is 0.429. The molecule has 1 amide bonds. The van der Waals surface area contributed by atoms with Gasteiger partial charge in [0.15, 0.2) is 0 Å². The van der Waals surface area contributed by atoms with Crippen LogP contribution in [0, 0.1) is 0 Å². The largest absolute Gasteiger partial charge is 0.480 e. The topological polar surface area (TPSA) is 66.4 Å². The summed E-state index contributed by atoms with van der Waals surface area (Å²) in [7, 11) is 0. The molecule has 1 atom stereocenters. The molecule has 0 aliphatic carbocycles. The molecule has 0 saturated carbocycles. The number of aliphatic carboxylic acids is 1. The van der Waals surface area contributed by atoms with Gasteiger partial charge in [-0.2, -0.15) is 0 Å². The predicted molar refractivity (Wildman–Crippen MR) is 74.3 cm³/mol. The Labute approximate surface area is 117 Å². The summed E-state index contributed by atoms with van der Waals surface area (Å²) in [6.07, 6.45) is 0.333. The molecule has 1 aromatic rings. The molecule has 0 bridgehead atoms. The molecule has 2 N–H and O–H groups in total. The Kier molecular flexibility index (Phi) is 4.95. The van der Waals surface area contributed by atoms with Gasteiger partial charge in [0.25, 0.3) is 0 Å². The van der Waals surface area contributed by atoms with Crippen molar-refractivity contribution in [2.75, 3.05) is 0 Å². The second-order valence-corrected chi connectivity index (χ2v) is 5.28. The van der Waals surface area contributed by atoms with Crippen LogP contribution in [-0.2, 0) is 15.0 Å². The fourth-order valence-electron chi connectivity index (χ4n) is 1.77. The van der Waals surface area contributed by atoms with Crippen molar-refractivity contribution in [3.05, 3.63) is 34.9 Å². The second-order valence-electron chi connectivity index (χ2n) is 4.88. The van der Waals surface area contributed by atoms with Gasteiger partial charge < -0.3 is 10.4 Å². The molecule has 0 spiro atoms. The molecule has 1 unspecified atom stereocenters. The molecule has 0 aromatic heterocycles. The first kappa shape index (κ1) is 15.5. The van der Waals surface area contributed by atoms with Crippen molar-refractivity contribution in [1.29, 1.82) is 0 Å². The number of carboxylic acid groups (broad SMARTS) is 1. The van der Waals surface area contributed by atoms with E-state index in [0.29, 0.717) is 17.0 Å². The lowest BCUT2D eigenvalue weighted by Gasteiger charge is -2.27. The maximum atomic E-state index is 12.3. The minimum absolute atomic E-state index is 0.333. The molecule has 19 heavy (non-hydrogen) atoms. The van der Waals surface area contributed by atoms with Crippen LogP contribution in [0.2, 0.25) is 5.02 Å². The molecule has 0 radical (unpaired) electrons. The van der Waals surface area contributed by atoms with Crippen LogP contribution in [0.15, 0.2) is 24.3 Å². The Bertz CT molecular complexity index is 485. The Balaban J connectivity index is 2.97. The van der Waals surface area contributed by atoms with Gasteiger partial charge in [-0.25, -0.2) is 4.79 Å². The summed E-state index contributed by atoms with van der Waals surface area (Å²) in [5.74, 6) is -1.39. The zero-order valence-electron chi connectivity index (χ0n) is 11.2. The van der Waals surface area contributed by atoms with E-state index in [1.165, 1.54) is 0 Å². The molecular formula is C14H18ClNO3. The smallest absolute Gasteiger partial charge is 0.326 e. The second kappa shape index (κ2) is 6.06. The predicted octanol–water partition coefficient (Wildman–Crippen LogP) is 2.60. The van der Waals surface area contributed by atoms with Crippen molar-refractivity contribution in [3.8, 4) is 0 Å². The lowest BCUT2D eigenvalue weighted by atomic mass is 9.83. The van der Waals surface area contributed by atoms with Crippen LogP contribution in [0.5, 0.6) is 0 Å². The first-order valence-corrected chi connectivity index (χ1v) is 6.47. The minimum atomic E-state index is -1.04. The molecule has 0 heterocycles. The number of carbonyl (C=O) groups is 2. The normalized spacial score (nSPS) is 12.8. The Hall–Kier alpha value is -1.55. The van der Waals surface area contributed by atoms with Crippen molar-refractivity contribution in [3.63, 3.8) is 0 Å². The Morgan fingerprint density at radius 1 is 1.37 bits per heavy atom. The standard InChI is InChI=1S/C14H18ClNO3/c1-4-11(12(17)18)16-13(19)14(2,3)9-7-5-6-8-10(9)15/h5-8,11H,4H2,1-3H3,(H,16,19)(H,17,18). The maximum Gasteiger partial charge on any atom is 0.326 e. The summed E-state index contributed by atoms with van der Waals surface area (Å²) in [5.41, 5.74) is -0.212. The van der Waals surface area contributed by atoms with Crippen LogP contribution in [0.25, 0.3) is 0 Å². The van der Waals surface area contributed by atoms with Gasteiger partial charge in [0, 0.05) is 5.02 Å². The van der Waals surface area contributed by atoms with E-state index in [1.54, 1.807) is 45.0 Å². The zero-order valence-corrected chi connectivity index (χ0v) is 12.0. The van der Waals surface area contributed by atoms with Crippen molar-refractivity contribution in [2.24, 2.45) is 0 Å². The highest BCUT2D eigenvalue weighted by Crippen LogP contribution is 2.30. The molecule has 4 nitrogen and oxygen atoms in total. The monoisotopic (exact) mass is 283 g/mol. The maximum absolute atomic E-state index is 12.3. The summed E-state index contributed by atoms with van der Waals surface area (Å²) < 4.78 is 0. The third-order valence-corrected chi connectivity index (χ3v) is 3.46. The van der Waals surface area contributed by atoms with Gasteiger partial charge in [-0.3, -0.25) is 4.79 Å². The van der Waals surface area contributed by atoms with E-state index in [0.717, 1.165) is 0 Å². The van der Waals surface area contributed by atoms with E-state index >= 15 is 0 Å². The van der Waals surface area contributed by atoms with Gasteiger partial charge in [0.05, 0.1) is 5.41 Å². The van der Waals surface area contributed by atoms with Gasteiger partial charge >= 0.3 is 5.97 Å². The average molecular weight is 284 g/mol. The number of carboxylic acids is 1. The van der Waals surface area contributed by atoms with E-state index < -0.39 is 17.4 Å². The van der Waals surface area contributed by atoms with Gasteiger partial charge in [0.2, 0.25) is 5.91 Å². The third kappa shape index (κ3) is 3.47. The highest BCUT2D eigenvalue weighted by molar-refractivity contribution is 6.31. The summed E-state index contributed by atoms with van der Waals surface area (Å²) in [5, 5.41) is 12.0. The van der Waals surface area contributed by atoms with Gasteiger partial charge in [-0.05, 0) is 31.9 Å². The number of halogens is 1. The van der Waals surface area contributed by atoms with Gasteiger partial charge in [0.1, 0.15) is 6.04 Å². The summed E-state index contributed by atoms with van der Waals surface area (Å²) >= 11 is 6.09. The minimum Gasteiger partial charge on any atom is -0.480 e. The molecule has 1 rings (SSSR count). The van der Waals surface area contributed by atoms with Crippen LogP contribution >= 0.6 is 11.6 Å². The van der Waals surface area contributed by atoms with E-state index in [4.69, 9.17) is 16.7 Å². The van der Waals surface area contributed by atoms with Gasteiger partial charge in [-0.15, -0.1) is 0 Å². The molecule has 1 aromatic carbocycles. The van der Waals surface area contributed by atoms with Crippen LogP contribution in [0.4, 0.5) is 0 Å². The quantitative estimate of drug-likeness (QED) is 0.873. The van der Waals surface area contributed by atoms with Crippen LogP contribution in [0.3, 0.4) is 0 Å². The third-order valence-electron chi connectivity index (χ3n) is 3.13. The number of benzene rings is 1. The molecule has 104 valence electrons. The first-order valence-electron chi connectivity index (χ1n) is 6.09. The SMILES string of the molecule is CCC(NC(=O)C(C)(C)c1ccccc1Cl)C(=O)O. The molecule has 0 fully saturated rings. The van der Waals surface area contributed by atoms with E-state index in [1.807, 2.05) is 0 Å². The highest BCUT2D eigenvalue weighted by Gasteiger charge is 2.33. The number of hydrogen-bond donors (Lipinski definition) is 2. The van der Waals surface area contributed by atoms with Crippen LogP contribution < -0.4 is 5.32 Å². The molecular weight excluding hydrogens is 266 g/mol. The number of rotatable bonds is 5. The van der Waals surface area contributed by atoms with Crippen molar-refractivity contribution in [1.82, 2.24) is 5.32 Å². The average Bonchev–Trinajstić information content (AvgIpc) is 2.35. The van der Waals surface area contributed by atoms with Gasteiger partial charge in [-0.1, -0.05) is 36.7 Å².